The summed E-state index contributed by atoms with van der Waals surface area (Å²) in [7, 11) is 0. The van der Waals surface area contributed by atoms with E-state index >= 15 is 0 Å². The van der Waals surface area contributed by atoms with Gasteiger partial charge in [0.2, 0.25) is 5.95 Å². The van der Waals surface area contributed by atoms with Gasteiger partial charge in [-0.2, -0.15) is 0 Å². The first-order valence-electron chi connectivity index (χ1n) is 13.9. The Labute approximate surface area is 239 Å². The minimum absolute atomic E-state index is 0.232. The molecule has 2 aromatic carbocycles. The van der Waals surface area contributed by atoms with Gasteiger partial charge in [0.25, 0.3) is 5.91 Å². The number of benzene rings is 2. The first-order valence-corrected chi connectivity index (χ1v) is 13.9. The number of rotatable bonds is 11. The summed E-state index contributed by atoms with van der Waals surface area (Å²) in [5.41, 5.74) is 5.67. The third-order valence-corrected chi connectivity index (χ3v) is 7.31. The Morgan fingerprint density at radius 2 is 1.85 bits per heavy atom. The average molecular weight is 561 g/mol. The van der Waals surface area contributed by atoms with E-state index in [9.17, 15) is 14.7 Å². The molecule has 0 bridgehead atoms. The summed E-state index contributed by atoms with van der Waals surface area (Å²) in [4.78, 5) is 36.3. The SMILES string of the molecule is CC1(C)OC(=O)c2ccc(NN(c3ncc(C(=O)NCCCN4CCOCC4)cn3)[C@H](CO)c3ccccc3)cc21. The summed E-state index contributed by atoms with van der Waals surface area (Å²) < 4.78 is 10.9. The largest absolute Gasteiger partial charge is 0.451 e. The van der Waals surface area contributed by atoms with Gasteiger partial charge < -0.3 is 19.9 Å². The normalized spacial score (nSPS) is 16.9. The molecule has 2 aliphatic rings. The number of ether oxygens (including phenoxy) is 2. The van der Waals surface area contributed by atoms with Gasteiger partial charge in [-0.3, -0.25) is 15.1 Å². The van der Waals surface area contributed by atoms with Crippen LogP contribution in [0.5, 0.6) is 0 Å². The summed E-state index contributed by atoms with van der Waals surface area (Å²) >= 11 is 0. The summed E-state index contributed by atoms with van der Waals surface area (Å²) in [6, 6.07) is 14.3. The van der Waals surface area contributed by atoms with Gasteiger partial charge in [0, 0.05) is 37.6 Å². The highest BCUT2D eigenvalue weighted by Gasteiger charge is 2.38. The number of aliphatic hydroxyl groups excluding tert-OH is 1. The van der Waals surface area contributed by atoms with Crippen molar-refractivity contribution in [1.29, 1.82) is 0 Å². The molecule has 41 heavy (non-hydrogen) atoms. The molecular weight excluding hydrogens is 524 g/mol. The number of aliphatic hydroxyl groups is 1. The number of hydrogen-bond acceptors (Lipinski definition) is 10. The van der Waals surface area contributed by atoms with Crippen molar-refractivity contribution in [1.82, 2.24) is 20.2 Å². The van der Waals surface area contributed by atoms with Crippen LogP contribution in [-0.4, -0.2) is 77.9 Å². The van der Waals surface area contributed by atoms with E-state index in [1.807, 2.05) is 50.2 Å². The Morgan fingerprint density at radius 3 is 2.56 bits per heavy atom. The van der Waals surface area contributed by atoms with E-state index < -0.39 is 11.6 Å². The first-order chi connectivity index (χ1) is 19.9. The highest BCUT2D eigenvalue weighted by atomic mass is 16.6. The lowest BCUT2D eigenvalue weighted by Crippen LogP contribution is -2.38. The fourth-order valence-electron chi connectivity index (χ4n) is 5.04. The van der Waals surface area contributed by atoms with Gasteiger partial charge in [-0.05, 0) is 50.6 Å². The lowest BCUT2D eigenvalue weighted by molar-refractivity contribution is 0.00953. The second-order valence-corrected chi connectivity index (χ2v) is 10.6. The Morgan fingerprint density at radius 1 is 1.12 bits per heavy atom. The number of carbonyl (C=O) groups is 2. The van der Waals surface area contributed by atoms with Crippen LogP contribution in [-0.2, 0) is 15.1 Å². The number of cyclic esters (lactones) is 1. The molecule has 1 aromatic heterocycles. The Hall–Kier alpha value is -4.06. The molecule has 1 saturated heterocycles. The van der Waals surface area contributed by atoms with Crippen LogP contribution in [0.3, 0.4) is 0 Å². The first kappa shape index (κ1) is 28.5. The Kier molecular flexibility index (Phi) is 8.77. The quantitative estimate of drug-likeness (QED) is 0.183. The third-order valence-electron chi connectivity index (χ3n) is 7.31. The highest BCUT2D eigenvalue weighted by Crippen LogP contribution is 2.37. The summed E-state index contributed by atoms with van der Waals surface area (Å²) in [5, 5.41) is 15.0. The van der Waals surface area contributed by atoms with Crippen LogP contribution in [0.4, 0.5) is 11.6 Å². The number of carbonyl (C=O) groups excluding carboxylic acids is 2. The number of hydrazine groups is 1. The molecule has 3 heterocycles. The minimum atomic E-state index is -0.765. The number of morpholine rings is 1. The van der Waals surface area contributed by atoms with E-state index in [2.05, 4.69) is 25.6 Å². The van der Waals surface area contributed by atoms with Gasteiger partial charge in [-0.15, -0.1) is 0 Å². The Balaban J connectivity index is 1.32. The number of nitrogens with zero attached hydrogens (tertiary/aromatic N) is 4. The van der Waals surface area contributed by atoms with Crippen molar-refractivity contribution in [2.24, 2.45) is 0 Å². The van der Waals surface area contributed by atoms with Gasteiger partial charge in [0.15, 0.2) is 0 Å². The zero-order valence-corrected chi connectivity index (χ0v) is 23.4. The van der Waals surface area contributed by atoms with Crippen LogP contribution in [0.25, 0.3) is 0 Å². The van der Waals surface area contributed by atoms with Crippen molar-refractivity contribution in [2.45, 2.75) is 31.9 Å². The van der Waals surface area contributed by atoms with Gasteiger partial charge in [0.05, 0.1) is 36.6 Å². The van der Waals surface area contributed by atoms with Crippen LogP contribution < -0.4 is 15.8 Å². The molecule has 3 N–H and O–H groups in total. The number of aromatic nitrogens is 2. The molecule has 5 rings (SSSR count). The fourth-order valence-corrected chi connectivity index (χ4v) is 5.04. The van der Waals surface area contributed by atoms with E-state index in [1.54, 1.807) is 17.1 Å². The molecule has 0 unspecified atom stereocenters. The van der Waals surface area contributed by atoms with Crippen molar-refractivity contribution in [3.8, 4) is 0 Å². The molecule has 3 aromatic rings. The van der Waals surface area contributed by atoms with Gasteiger partial charge in [0.1, 0.15) is 11.6 Å². The summed E-state index contributed by atoms with van der Waals surface area (Å²) in [5.74, 6) is -0.335. The lowest BCUT2D eigenvalue weighted by atomic mass is 9.95. The average Bonchev–Trinajstić information content (AvgIpc) is 3.23. The zero-order valence-electron chi connectivity index (χ0n) is 23.4. The number of anilines is 2. The molecular formula is C30H36N6O5. The van der Waals surface area contributed by atoms with Gasteiger partial charge >= 0.3 is 5.97 Å². The lowest BCUT2D eigenvalue weighted by Gasteiger charge is -2.32. The van der Waals surface area contributed by atoms with Crippen molar-refractivity contribution in [2.75, 3.05) is 56.4 Å². The van der Waals surface area contributed by atoms with Crippen molar-refractivity contribution < 1.29 is 24.2 Å². The number of hydrogen-bond donors (Lipinski definition) is 3. The molecule has 0 spiro atoms. The van der Waals surface area contributed by atoms with E-state index in [0.717, 1.165) is 50.4 Å². The van der Waals surface area contributed by atoms with Crippen molar-refractivity contribution >= 4 is 23.5 Å². The van der Waals surface area contributed by atoms with Gasteiger partial charge in [-0.25, -0.2) is 19.8 Å². The van der Waals surface area contributed by atoms with Gasteiger partial charge in [-0.1, -0.05) is 30.3 Å². The second kappa shape index (κ2) is 12.6. The maximum absolute atomic E-state index is 12.7. The van der Waals surface area contributed by atoms with Crippen LogP contribution in [0.2, 0.25) is 0 Å². The van der Waals surface area contributed by atoms with E-state index in [-0.39, 0.29) is 24.4 Å². The van der Waals surface area contributed by atoms with E-state index in [4.69, 9.17) is 9.47 Å². The van der Waals surface area contributed by atoms with Crippen LogP contribution in [0.15, 0.2) is 60.9 Å². The third kappa shape index (κ3) is 6.64. The van der Waals surface area contributed by atoms with Crippen LogP contribution in [0, 0.1) is 0 Å². The molecule has 0 radical (unpaired) electrons. The number of amides is 1. The second-order valence-electron chi connectivity index (χ2n) is 10.6. The number of nitrogens with one attached hydrogen (secondary N) is 2. The van der Waals surface area contributed by atoms with Crippen molar-refractivity contribution in [3.63, 3.8) is 0 Å². The predicted octanol–water partition coefficient (Wildman–Crippen LogP) is 2.90. The number of esters is 1. The van der Waals surface area contributed by atoms with E-state index in [1.165, 1.54) is 12.4 Å². The van der Waals surface area contributed by atoms with Crippen LogP contribution >= 0.6 is 0 Å². The van der Waals surface area contributed by atoms with E-state index in [0.29, 0.717) is 23.4 Å². The molecule has 11 heteroatoms. The predicted molar refractivity (Wildman–Crippen MR) is 153 cm³/mol. The molecule has 1 atom stereocenters. The monoisotopic (exact) mass is 560 g/mol. The van der Waals surface area contributed by atoms with Crippen LogP contribution in [0.1, 0.15) is 58.2 Å². The fraction of sp³-hybridized carbons (Fsp3) is 0.400. The maximum atomic E-state index is 12.7. The smallest absolute Gasteiger partial charge is 0.339 e. The topological polar surface area (TPSA) is 129 Å². The summed E-state index contributed by atoms with van der Waals surface area (Å²) in [6.45, 7) is 8.24. The van der Waals surface area contributed by atoms with Crippen molar-refractivity contribution in [3.05, 3.63) is 83.2 Å². The Bertz CT molecular complexity index is 1350. The molecule has 1 fully saturated rings. The molecule has 216 valence electrons. The molecule has 1 amide bonds. The molecule has 11 nitrogen and oxygen atoms in total. The minimum Gasteiger partial charge on any atom is -0.451 e. The molecule has 2 aliphatic heterocycles. The molecule has 0 aliphatic carbocycles. The maximum Gasteiger partial charge on any atom is 0.339 e. The summed E-state index contributed by atoms with van der Waals surface area (Å²) in [6.07, 6.45) is 3.80. The standard InChI is InChI=1S/C30H36N6O5/c1-30(2)25-17-23(9-10-24(25)28(39)41-30)34-36(26(20-37)21-7-4-3-5-8-21)29-32-18-22(19-33-29)27(38)31-11-6-12-35-13-15-40-16-14-35/h3-5,7-10,17-19,26,34,37H,6,11-16,20H2,1-2H3,(H,31,38)/t26-/m1/s1. The zero-order chi connectivity index (χ0) is 28.8. The number of fused-ring (bicyclic) bond motifs is 1. The highest BCUT2D eigenvalue weighted by molar-refractivity contribution is 5.95. The molecule has 0 saturated carbocycles.